The molecule has 0 bridgehead atoms. The van der Waals surface area contributed by atoms with E-state index in [0.29, 0.717) is 23.6 Å². The Labute approximate surface area is 132 Å². The van der Waals surface area contributed by atoms with Crippen LogP contribution < -0.4 is 5.56 Å². The van der Waals surface area contributed by atoms with Crippen molar-refractivity contribution >= 4 is 39.2 Å². The number of thiophene rings is 1. The Hall–Kier alpha value is -1.34. The fraction of sp³-hybridized carbons (Fsp3) is 0.500. The molecule has 2 rings (SSSR count). The van der Waals surface area contributed by atoms with Gasteiger partial charge in [-0.2, -0.15) is 0 Å². The lowest BCUT2D eigenvalue weighted by Gasteiger charge is -2.22. The van der Waals surface area contributed by atoms with Crippen LogP contribution in [0.4, 0.5) is 0 Å². The van der Waals surface area contributed by atoms with Crippen LogP contribution in [0.3, 0.4) is 0 Å². The third kappa shape index (κ3) is 3.13. The van der Waals surface area contributed by atoms with Crippen molar-refractivity contribution in [3.63, 3.8) is 0 Å². The molecule has 2 heterocycles. The summed E-state index contributed by atoms with van der Waals surface area (Å²) >= 11 is 2.78. The molecule has 2 aromatic heterocycles. The molecule has 1 amide bonds. The van der Waals surface area contributed by atoms with Crippen molar-refractivity contribution in [2.45, 2.75) is 31.2 Å². The first-order valence-corrected chi connectivity index (χ1v) is 8.65. The summed E-state index contributed by atoms with van der Waals surface area (Å²) in [7, 11) is 1.70. The van der Waals surface area contributed by atoms with Crippen molar-refractivity contribution in [3.05, 3.63) is 21.8 Å². The largest absolute Gasteiger partial charge is 0.342 e. The molecule has 0 radical (unpaired) electrons. The van der Waals surface area contributed by atoms with Gasteiger partial charge in [0, 0.05) is 20.1 Å². The summed E-state index contributed by atoms with van der Waals surface area (Å²) in [5.41, 5.74) is -0.0637. The fourth-order valence-corrected chi connectivity index (χ4v) is 3.85. The molecule has 0 aliphatic rings. The van der Waals surface area contributed by atoms with Crippen LogP contribution in [0.2, 0.25) is 0 Å². The van der Waals surface area contributed by atoms with Crippen molar-refractivity contribution in [2.24, 2.45) is 7.05 Å². The van der Waals surface area contributed by atoms with Crippen molar-refractivity contribution in [2.75, 3.05) is 13.1 Å². The minimum atomic E-state index is -0.264. The van der Waals surface area contributed by atoms with Gasteiger partial charge in [0.15, 0.2) is 5.16 Å². The van der Waals surface area contributed by atoms with Gasteiger partial charge in [-0.3, -0.25) is 14.2 Å². The monoisotopic (exact) mass is 325 g/mol. The molecule has 1 atom stereocenters. The number of aromatic nitrogens is 2. The van der Waals surface area contributed by atoms with Gasteiger partial charge in [-0.1, -0.05) is 11.8 Å². The maximum atomic E-state index is 12.3. The van der Waals surface area contributed by atoms with Crippen molar-refractivity contribution < 1.29 is 4.79 Å². The number of hydrogen-bond donors (Lipinski definition) is 0. The maximum absolute atomic E-state index is 12.3. The predicted octanol–water partition coefficient (Wildman–Crippen LogP) is 2.34. The third-order valence-corrected chi connectivity index (χ3v) is 5.31. The van der Waals surface area contributed by atoms with Gasteiger partial charge in [0.2, 0.25) is 5.91 Å². The van der Waals surface area contributed by atoms with E-state index in [-0.39, 0.29) is 16.7 Å². The van der Waals surface area contributed by atoms with Crippen LogP contribution in [0.1, 0.15) is 20.8 Å². The van der Waals surface area contributed by atoms with Crippen LogP contribution in [0.25, 0.3) is 10.2 Å². The van der Waals surface area contributed by atoms with Gasteiger partial charge in [-0.05, 0) is 32.2 Å². The molecule has 0 aliphatic carbocycles. The van der Waals surface area contributed by atoms with Crippen molar-refractivity contribution in [1.29, 1.82) is 0 Å². The average molecular weight is 325 g/mol. The van der Waals surface area contributed by atoms with Crippen LogP contribution >= 0.6 is 23.1 Å². The zero-order valence-electron chi connectivity index (χ0n) is 12.6. The Morgan fingerprint density at radius 3 is 2.76 bits per heavy atom. The van der Waals surface area contributed by atoms with Gasteiger partial charge in [0.05, 0.1) is 10.6 Å². The Bertz CT molecular complexity index is 704. The first-order chi connectivity index (χ1) is 9.99. The number of carbonyl (C=O) groups excluding carboxylic acids is 1. The minimum Gasteiger partial charge on any atom is -0.342 e. The van der Waals surface area contributed by atoms with E-state index in [4.69, 9.17) is 0 Å². The fourth-order valence-electron chi connectivity index (χ4n) is 2.09. The van der Waals surface area contributed by atoms with E-state index >= 15 is 0 Å². The summed E-state index contributed by atoms with van der Waals surface area (Å²) in [4.78, 5) is 31.6. The molecule has 114 valence electrons. The maximum Gasteiger partial charge on any atom is 0.262 e. The molecule has 5 nitrogen and oxygen atoms in total. The number of rotatable bonds is 5. The lowest BCUT2D eigenvalue weighted by Crippen LogP contribution is -2.36. The van der Waals surface area contributed by atoms with Gasteiger partial charge >= 0.3 is 0 Å². The number of hydrogen-bond acceptors (Lipinski definition) is 5. The topological polar surface area (TPSA) is 55.2 Å². The van der Waals surface area contributed by atoms with Crippen LogP contribution in [0.5, 0.6) is 0 Å². The number of amides is 1. The Morgan fingerprint density at radius 2 is 2.14 bits per heavy atom. The van der Waals surface area contributed by atoms with Crippen LogP contribution in [-0.4, -0.2) is 38.7 Å². The summed E-state index contributed by atoms with van der Waals surface area (Å²) in [6.45, 7) is 7.16. The van der Waals surface area contributed by atoms with Crippen LogP contribution in [0, 0.1) is 0 Å². The number of carbonyl (C=O) groups is 1. The molecule has 0 spiro atoms. The van der Waals surface area contributed by atoms with E-state index in [0.717, 1.165) is 4.83 Å². The highest BCUT2D eigenvalue weighted by Gasteiger charge is 2.21. The van der Waals surface area contributed by atoms with E-state index in [1.165, 1.54) is 27.7 Å². The van der Waals surface area contributed by atoms with Gasteiger partial charge in [0.1, 0.15) is 4.83 Å². The molecule has 1 unspecified atom stereocenters. The second-order valence-corrected chi connectivity index (χ2v) is 6.87. The van der Waals surface area contributed by atoms with E-state index in [2.05, 4.69) is 4.98 Å². The molecular weight excluding hydrogens is 306 g/mol. The Morgan fingerprint density at radius 1 is 1.48 bits per heavy atom. The van der Waals surface area contributed by atoms with E-state index in [1.807, 2.05) is 26.2 Å². The average Bonchev–Trinajstić information content (AvgIpc) is 2.93. The van der Waals surface area contributed by atoms with Crippen LogP contribution in [0.15, 0.2) is 21.4 Å². The van der Waals surface area contributed by atoms with Crippen LogP contribution in [-0.2, 0) is 11.8 Å². The lowest BCUT2D eigenvalue weighted by atomic mass is 10.4. The smallest absolute Gasteiger partial charge is 0.262 e. The van der Waals surface area contributed by atoms with Crippen molar-refractivity contribution in [1.82, 2.24) is 14.5 Å². The van der Waals surface area contributed by atoms with Gasteiger partial charge in [0.25, 0.3) is 5.56 Å². The molecule has 0 aliphatic heterocycles. The molecule has 0 saturated heterocycles. The molecule has 0 saturated carbocycles. The molecule has 0 N–H and O–H groups in total. The first-order valence-electron chi connectivity index (χ1n) is 6.89. The standard InChI is InChI=1S/C14H19N3O2S2/c1-5-17(6-2)12(18)9(3)21-14-15-11-10(7-8-20-11)13(19)16(14)4/h7-9H,5-6H2,1-4H3. The quantitative estimate of drug-likeness (QED) is 0.625. The summed E-state index contributed by atoms with van der Waals surface area (Å²) in [5, 5.41) is 2.82. The van der Waals surface area contributed by atoms with Gasteiger partial charge in [-0.25, -0.2) is 4.98 Å². The van der Waals surface area contributed by atoms with Gasteiger partial charge < -0.3 is 4.90 Å². The first kappa shape index (κ1) is 16.0. The summed E-state index contributed by atoms with van der Waals surface area (Å²) in [5.74, 6) is 0.0746. The zero-order valence-corrected chi connectivity index (χ0v) is 14.3. The van der Waals surface area contributed by atoms with Gasteiger partial charge in [-0.15, -0.1) is 11.3 Å². The molecule has 21 heavy (non-hydrogen) atoms. The number of fused-ring (bicyclic) bond motifs is 1. The number of thioether (sulfide) groups is 1. The summed E-state index contributed by atoms with van der Waals surface area (Å²) in [6.07, 6.45) is 0. The van der Waals surface area contributed by atoms with Crippen molar-refractivity contribution in [3.8, 4) is 0 Å². The highest BCUT2D eigenvalue weighted by molar-refractivity contribution is 8.00. The lowest BCUT2D eigenvalue weighted by molar-refractivity contribution is -0.129. The molecule has 7 heteroatoms. The number of nitrogens with zero attached hydrogens (tertiary/aromatic N) is 3. The third-order valence-electron chi connectivity index (χ3n) is 3.37. The Kier molecular flexibility index (Phi) is 5.05. The molecule has 0 aromatic carbocycles. The zero-order chi connectivity index (χ0) is 15.6. The second-order valence-electron chi connectivity index (χ2n) is 4.67. The van der Waals surface area contributed by atoms with E-state index < -0.39 is 0 Å². The molecular formula is C14H19N3O2S2. The molecule has 0 fully saturated rings. The minimum absolute atomic E-state index is 0.0637. The highest BCUT2D eigenvalue weighted by Crippen LogP contribution is 2.24. The summed E-state index contributed by atoms with van der Waals surface area (Å²) < 4.78 is 1.52. The van der Waals surface area contributed by atoms with E-state index in [1.54, 1.807) is 18.0 Å². The van der Waals surface area contributed by atoms with E-state index in [9.17, 15) is 9.59 Å². The normalized spacial score (nSPS) is 12.6. The Balaban J connectivity index is 2.29. The second kappa shape index (κ2) is 6.62. The summed E-state index contributed by atoms with van der Waals surface area (Å²) in [6, 6.07) is 1.79. The highest BCUT2D eigenvalue weighted by atomic mass is 32.2. The SMILES string of the molecule is CCN(CC)C(=O)C(C)Sc1nc2sccc2c(=O)n1C. The molecule has 2 aromatic rings. The predicted molar refractivity (Wildman–Crippen MR) is 88.1 cm³/mol.